The molecule has 5 nitrogen and oxygen atoms in total. The number of likely N-dealkylation sites (N-methyl/N-ethyl adjacent to an activating group) is 1. The van der Waals surface area contributed by atoms with Crippen molar-refractivity contribution in [3.63, 3.8) is 0 Å². The molecule has 1 aromatic heterocycles. The zero-order valence-corrected chi connectivity index (χ0v) is 15.4. The standard InChI is InChI=1S/C18H28N4OS/c1-20-8-9-21(11-16-12-24-14-19-16)13-18(20)5-4-17(23)22(7-6-18)10-15-2-3-15/h12,14-15H,2-11,13H2,1H3. The molecule has 1 amide bonds. The molecular formula is C18H28N4OS. The van der Waals surface area contributed by atoms with Crippen LogP contribution in [-0.4, -0.2) is 70.9 Å². The van der Waals surface area contributed by atoms with Gasteiger partial charge in [-0.1, -0.05) is 0 Å². The molecule has 1 saturated carbocycles. The first-order valence-corrected chi connectivity index (χ1v) is 10.2. The summed E-state index contributed by atoms with van der Waals surface area (Å²) in [5.74, 6) is 1.16. The number of piperazine rings is 1. The van der Waals surface area contributed by atoms with E-state index < -0.39 is 0 Å². The van der Waals surface area contributed by atoms with Crippen molar-refractivity contribution in [2.75, 3.05) is 39.8 Å². The Morgan fingerprint density at radius 2 is 2.17 bits per heavy atom. The van der Waals surface area contributed by atoms with E-state index in [-0.39, 0.29) is 5.54 Å². The summed E-state index contributed by atoms with van der Waals surface area (Å²) in [5.41, 5.74) is 3.25. The monoisotopic (exact) mass is 348 g/mol. The van der Waals surface area contributed by atoms with Gasteiger partial charge in [-0.15, -0.1) is 11.3 Å². The molecule has 2 saturated heterocycles. The molecule has 1 unspecified atom stereocenters. The molecular weight excluding hydrogens is 320 g/mol. The van der Waals surface area contributed by atoms with Gasteiger partial charge in [0.15, 0.2) is 0 Å². The van der Waals surface area contributed by atoms with Crippen LogP contribution in [0.25, 0.3) is 0 Å². The SMILES string of the molecule is CN1CCN(Cc2cscn2)CC12CCC(=O)N(CC1CC1)CC2. The number of amides is 1. The zero-order valence-electron chi connectivity index (χ0n) is 14.6. The van der Waals surface area contributed by atoms with Crippen molar-refractivity contribution in [3.05, 3.63) is 16.6 Å². The second-order valence-electron chi connectivity index (χ2n) is 7.87. The van der Waals surface area contributed by atoms with Crippen LogP contribution in [0.15, 0.2) is 10.9 Å². The van der Waals surface area contributed by atoms with Gasteiger partial charge in [0.25, 0.3) is 0 Å². The number of carbonyl (C=O) groups is 1. The Morgan fingerprint density at radius 1 is 1.29 bits per heavy atom. The van der Waals surface area contributed by atoms with Crippen LogP contribution < -0.4 is 0 Å². The number of thiazole rings is 1. The van der Waals surface area contributed by atoms with Crippen molar-refractivity contribution in [1.82, 2.24) is 19.7 Å². The van der Waals surface area contributed by atoms with Gasteiger partial charge in [-0.05, 0) is 38.6 Å². The minimum absolute atomic E-state index is 0.155. The van der Waals surface area contributed by atoms with Gasteiger partial charge in [-0.3, -0.25) is 14.6 Å². The first-order chi connectivity index (χ1) is 11.6. The number of nitrogens with zero attached hydrogens (tertiary/aromatic N) is 4. The number of hydrogen-bond donors (Lipinski definition) is 0. The highest BCUT2D eigenvalue weighted by Crippen LogP contribution is 2.35. The smallest absolute Gasteiger partial charge is 0.222 e. The van der Waals surface area contributed by atoms with E-state index in [0.717, 1.165) is 58.0 Å². The van der Waals surface area contributed by atoms with E-state index in [1.54, 1.807) is 11.3 Å². The van der Waals surface area contributed by atoms with Gasteiger partial charge in [-0.2, -0.15) is 0 Å². The maximum Gasteiger partial charge on any atom is 0.222 e. The summed E-state index contributed by atoms with van der Waals surface area (Å²) >= 11 is 1.67. The van der Waals surface area contributed by atoms with Gasteiger partial charge >= 0.3 is 0 Å². The lowest BCUT2D eigenvalue weighted by atomic mass is 9.86. The van der Waals surface area contributed by atoms with Crippen LogP contribution in [0.4, 0.5) is 0 Å². The van der Waals surface area contributed by atoms with Crippen molar-refractivity contribution >= 4 is 17.2 Å². The fourth-order valence-corrected chi connectivity index (χ4v) is 4.81. The van der Waals surface area contributed by atoms with E-state index >= 15 is 0 Å². The minimum atomic E-state index is 0.155. The molecule has 1 aromatic rings. The van der Waals surface area contributed by atoms with Crippen LogP contribution in [-0.2, 0) is 11.3 Å². The van der Waals surface area contributed by atoms with E-state index in [1.807, 2.05) is 5.51 Å². The molecule has 0 bridgehead atoms. The van der Waals surface area contributed by atoms with E-state index in [4.69, 9.17) is 0 Å². The molecule has 1 atom stereocenters. The summed E-state index contributed by atoms with van der Waals surface area (Å²) in [6.45, 7) is 6.12. The van der Waals surface area contributed by atoms with Crippen molar-refractivity contribution in [3.8, 4) is 0 Å². The van der Waals surface area contributed by atoms with Crippen molar-refractivity contribution in [1.29, 1.82) is 0 Å². The number of carbonyl (C=O) groups excluding carboxylic acids is 1. The third-order valence-electron chi connectivity index (χ3n) is 6.13. The van der Waals surface area contributed by atoms with E-state index in [0.29, 0.717) is 12.3 Å². The highest BCUT2D eigenvalue weighted by molar-refractivity contribution is 7.07. The average molecular weight is 349 g/mol. The number of aromatic nitrogens is 1. The molecule has 3 heterocycles. The van der Waals surface area contributed by atoms with Crippen LogP contribution in [0.3, 0.4) is 0 Å². The van der Waals surface area contributed by atoms with Crippen LogP contribution in [0.1, 0.15) is 37.8 Å². The Morgan fingerprint density at radius 3 is 2.92 bits per heavy atom. The number of likely N-dealkylation sites (tertiary alicyclic amines) is 1. The summed E-state index contributed by atoms with van der Waals surface area (Å²) in [4.78, 5) is 24.2. The molecule has 3 fully saturated rings. The fraction of sp³-hybridized carbons (Fsp3) is 0.778. The lowest BCUT2D eigenvalue weighted by Crippen LogP contribution is -2.60. The molecule has 6 heteroatoms. The van der Waals surface area contributed by atoms with Gasteiger partial charge < -0.3 is 4.90 Å². The van der Waals surface area contributed by atoms with Crippen LogP contribution >= 0.6 is 11.3 Å². The molecule has 4 rings (SSSR count). The molecule has 3 aliphatic rings. The Balaban J connectivity index is 1.44. The maximum atomic E-state index is 12.5. The second-order valence-corrected chi connectivity index (χ2v) is 8.59. The third kappa shape index (κ3) is 3.51. The summed E-state index contributed by atoms with van der Waals surface area (Å²) in [5, 5.41) is 2.15. The van der Waals surface area contributed by atoms with Crippen LogP contribution in [0.5, 0.6) is 0 Å². The highest BCUT2D eigenvalue weighted by atomic mass is 32.1. The van der Waals surface area contributed by atoms with Crippen LogP contribution in [0, 0.1) is 5.92 Å². The summed E-state index contributed by atoms with van der Waals surface area (Å²) < 4.78 is 0. The zero-order chi connectivity index (χ0) is 16.6. The Kier molecular flexibility index (Phi) is 4.62. The molecule has 1 spiro atoms. The quantitative estimate of drug-likeness (QED) is 0.835. The van der Waals surface area contributed by atoms with Crippen molar-refractivity contribution in [2.24, 2.45) is 5.92 Å². The first-order valence-electron chi connectivity index (χ1n) is 9.23. The predicted molar refractivity (Wildman–Crippen MR) is 95.9 cm³/mol. The summed E-state index contributed by atoms with van der Waals surface area (Å²) in [6.07, 6.45) is 5.45. The van der Waals surface area contributed by atoms with Gasteiger partial charge in [0.1, 0.15) is 0 Å². The Bertz CT molecular complexity index is 574. The maximum absolute atomic E-state index is 12.5. The van der Waals surface area contributed by atoms with Gasteiger partial charge in [-0.25, -0.2) is 4.98 Å². The number of rotatable bonds is 4. The minimum Gasteiger partial charge on any atom is -0.342 e. The van der Waals surface area contributed by atoms with E-state index in [9.17, 15) is 4.79 Å². The topological polar surface area (TPSA) is 39.7 Å². The third-order valence-corrected chi connectivity index (χ3v) is 6.76. The van der Waals surface area contributed by atoms with E-state index in [1.165, 1.54) is 18.5 Å². The molecule has 0 radical (unpaired) electrons. The second kappa shape index (κ2) is 6.73. The fourth-order valence-electron chi connectivity index (χ4n) is 4.26. The molecule has 1 aliphatic carbocycles. The van der Waals surface area contributed by atoms with Gasteiger partial charge in [0.05, 0.1) is 11.2 Å². The summed E-state index contributed by atoms with van der Waals surface area (Å²) in [7, 11) is 2.25. The van der Waals surface area contributed by atoms with Crippen LogP contribution in [0.2, 0.25) is 0 Å². The van der Waals surface area contributed by atoms with Crippen molar-refractivity contribution < 1.29 is 4.79 Å². The van der Waals surface area contributed by atoms with Crippen molar-refractivity contribution in [2.45, 2.75) is 44.2 Å². The highest BCUT2D eigenvalue weighted by Gasteiger charge is 2.42. The normalized spacial score (nSPS) is 30.0. The number of hydrogen-bond acceptors (Lipinski definition) is 5. The van der Waals surface area contributed by atoms with Gasteiger partial charge in [0.2, 0.25) is 5.91 Å². The summed E-state index contributed by atoms with van der Waals surface area (Å²) in [6, 6.07) is 0. The van der Waals surface area contributed by atoms with Gasteiger partial charge in [0, 0.05) is 56.6 Å². The first kappa shape index (κ1) is 16.5. The largest absolute Gasteiger partial charge is 0.342 e. The average Bonchev–Trinajstić information content (AvgIpc) is 3.28. The molecule has 2 aliphatic heterocycles. The predicted octanol–water partition coefficient (Wildman–Crippen LogP) is 2.05. The molecule has 132 valence electrons. The molecule has 0 aromatic carbocycles. The lowest BCUT2D eigenvalue weighted by molar-refractivity contribution is -0.131. The lowest BCUT2D eigenvalue weighted by Gasteiger charge is -2.49. The molecule has 0 N–H and O–H groups in total. The molecule has 24 heavy (non-hydrogen) atoms. The Labute approximate surface area is 148 Å². The van der Waals surface area contributed by atoms with E-state index in [2.05, 4.69) is 32.1 Å². The Hall–Kier alpha value is -0.980.